The lowest BCUT2D eigenvalue weighted by Crippen LogP contribution is -2.39. The van der Waals surface area contributed by atoms with E-state index in [1.165, 1.54) is 19.3 Å². The van der Waals surface area contributed by atoms with Crippen molar-refractivity contribution in [2.45, 2.75) is 32.1 Å². The van der Waals surface area contributed by atoms with Crippen LogP contribution in [0.4, 0.5) is 0 Å². The van der Waals surface area contributed by atoms with Gasteiger partial charge in [0.25, 0.3) is 10.1 Å². The lowest BCUT2D eigenvalue weighted by Gasteiger charge is -2.45. The Bertz CT molecular complexity index is 283. The molecule has 0 heterocycles. The Morgan fingerprint density at radius 3 is 2.46 bits per heavy atom. The van der Waals surface area contributed by atoms with E-state index in [0.717, 1.165) is 18.8 Å². The van der Waals surface area contributed by atoms with Gasteiger partial charge in [0.15, 0.2) is 0 Å². The van der Waals surface area contributed by atoms with Gasteiger partial charge in [-0.3, -0.25) is 4.55 Å². The standard InChI is InChI=1S/C9H16O3S/c10-13(11,12)6-8-3-1-2-7-4-5-9(7)8/h7-9H,1-6H2,(H,10,11,12). The van der Waals surface area contributed by atoms with Gasteiger partial charge in [0.05, 0.1) is 5.75 Å². The summed E-state index contributed by atoms with van der Waals surface area (Å²) in [7, 11) is -3.75. The molecule has 4 heteroatoms. The lowest BCUT2D eigenvalue weighted by molar-refractivity contribution is 0.0629. The summed E-state index contributed by atoms with van der Waals surface area (Å²) in [6.07, 6.45) is 5.84. The van der Waals surface area contributed by atoms with E-state index >= 15 is 0 Å². The predicted molar refractivity (Wildman–Crippen MR) is 50.0 cm³/mol. The van der Waals surface area contributed by atoms with E-state index in [4.69, 9.17) is 4.55 Å². The third kappa shape index (κ3) is 2.05. The number of hydrogen-bond acceptors (Lipinski definition) is 2. The van der Waals surface area contributed by atoms with Gasteiger partial charge in [-0.15, -0.1) is 0 Å². The molecule has 2 saturated carbocycles. The lowest BCUT2D eigenvalue weighted by atomic mass is 9.61. The van der Waals surface area contributed by atoms with Crippen LogP contribution >= 0.6 is 0 Å². The molecule has 3 atom stereocenters. The summed E-state index contributed by atoms with van der Waals surface area (Å²) in [6.45, 7) is 0. The van der Waals surface area contributed by atoms with Crippen molar-refractivity contribution in [2.75, 3.05) is 5.75 Å². The fourth-order valence-electron chi connectivity index (χ4n) is 2.91. The van der Waals surface area contributed by atoms with Crippen molar-refractivity contribution < 1.29 is 13.0 Å². The van der Waals surface area contributed by atoms with E-state index in [-0.39, 0.29) is 11.7 Å². The van der Waals surface area contributed by atoms with Crippen LogP contribution in [0.15, 0.2) is 0 Å². The highest BCUT2D eigenvalue weighted by Crippen LogP contribution is 2.48. The molecule has 0 bridgehead atoms. The Kier molecular flexibility index (Phi) is 2.36. The highest BCUT2D eigenvalue weighted by atomic mass is 32.2. The maximum absolute atomic E-state index is 10.7. The van der Waals surface area contributed by atoms with Gasteiger partial charge in [0, 0.05) is 0 Å². The molecule has 0 spiro atoms. The summed E-state index contributed by atoms with van der Waals surface area (Å²) in [4.78, 5) is 0. The molecular weight excluding hydrogens is 188 g/mol. The normalized spacial score (nSPS) is 39.3. The Hall–Kier alpha value is -0.0900. The summed E-state index contributed by atoms with van der Waals surface area (Å²) < 4.78 is 30.2. The van der Waals surface area contributed by atoms with Gasteiger partial charge in [0.2, 0.25) is 0 Å². The van der Waals surface area contributed by atoms with E-state index in [2.05, 4.69) is 0 Å². The topological polar surface area (TPSA) is 54.4 Å². The van der Waals surface area contributed by atoms with Crippen molar-refractivity contribution in [3.63, 3.8) is 0 Å². The van der Waals surface area contributed by atoms with Gasteiger partial charge in [-0.1, -0.05) is 12.8 Å². The first-order valence-corrected chi connectivity index (χ1v) is 6.62. The van der Waals surface area contributed by atoms with Crippen LogP contribution in [-0.4, -0.2) is 18.7 Å². The average Bonchev–Trinajstić information content (AvgIpc) is 1.89. The summed E-state index contributed by atoms with van der Waals surface area (Å²) in [5.74, 6) is 1.59. The largest absolute Gasteiger partial charge is 0.286 e. The third-order valence-electron chi connectivity index (χ3n) is 3.66. The van der Waals surface area contributed by atoms with Gasteiger partial charge < -0.3 is 0 Å². The smallest absolute Gasteiger partial charge is 0.265 e. The zero-order chi connectivity index (χ0) is 9.47. The minimum Gasteiger partial charge on any atom is -0.286 e. The summed E-state index contributed by atoms with van der Waals surface area (Å²) in [5, 5.41) is 0. The van der Waals surface area contributed by atoms with Gasteiger partial charge in [-0.25, -0.2) is 0 Å². The maximum atomic E-state index is 10.7. The average molecular weight is 204 g/mol. The van der Waals surface area contributed by atoms with E-state index in [9.17, 15) is 8.42 Å². The van der Waals surface area contributed by atoms with Crippen LogP contribution in [0.2, 0.25) is 0 Å². The fourth-order valence-corrected chi connectivity index (χ4v) is 3.86. The second-order valence-electron chi connectivity index (χ2n) is 4.44. The van der Waals surface area contributed by atoms with Crippen LogP contribution in [0.3, 0.4) is 0 Å². The highest BCUT2D eigenvalue weighted by Gasteiger charge is 2.40. The molecule has 0 amide bonds. The SMILES string of the molecule is O=S(=O)(O)CC1CCCC2CCC21. The zero-order valence-corrected chi connectivity index (χ0v) is 8.46. The fraction of sp³-hybridized carbons (Fsp3) is 1.00. The van der Waals surface area contributed by atoms with Crippen LogP contribution in [0.1, 0.15) is 32.1 Å². The van der Waals surface area contributed by atoms with Crippen molar-refractivity contribution in [2.24, 2.45) is 17.8 Å². The highest BCUT2D eigenvalue weighted by molar-refractivity contribution is 7.85. The Labute approximate surface area is 79.3 Å². The molecule has 2 aliphatic rings. The van der Waals surface area contributed by atoms with Crippen molar-refractivity contribution in [1.82, 2.24) is 0 Å². The molecule has 13 heavy (non-hydrogen) atoms. The molecule has 0 aliphatic heterocycles. The van der Waals surface area contributed by atoms with E-state index in [1.54, 1.807) is 0 Å². The van der Waals surface area contributed by atoms with Crippen molar-refractivity contribution in [3.8, 4) is 0 Å². The first-order valence-electron chi connectivity index (χ1n) is 5.01. The molecule has 3 nitrogen and oxygen atoms in total. The molecule has 0 radical (unpaired) electrons. The number of hydrogen-bond donors (Lipinski definition) is 1. The molecule has 1 N–H and O–H groups in total. The monoisotopic (exact) mass is 204 g/mol. The first-order chi connectivity index (χ1) is 6.06. The molecule has 3 unspecified atom stereocenters. The zero-order valence-electron chi connectivity index (χ0n) is 7.65. The van der Waals surface area contributed by atoms with Crippen molar-refractivity contribution in [3.05, 3.63) is 0 Å². The Balaban J connectivity index is 1.98. The number of fused-ring (bicyclic) bond motifs is 1. The van der Waals surface area contributed by atoms with Gasteiger partial charge in [-0.2, -0.15) is 8.42 Å². The van der Waals surface area contributed by atoms with E-state index in [0.29, 0.717) is 5.92 Å². The predicted octanol–water partition coefficient (Wildman–Crippen LogP) is 1.70. The minimum absolute atomic E-state index is 0.00579. The summed E-state index contributed by atoms with van der Waals surface area (Å²) in [6, 6.07) is 0. The van der Waals surface area contributed by atoms with Crippen LogP contribution < -0.4 is 0 Å². The van der Waals surface area contributed by atoms with Gasteiger partial charge >= 0.3 is 0 Å². The van der Waals surface area contributed by atoms with Crippen LogP contribution in [0.5, 0.6) is 0 Å². The third-order valence-corrected chi connectivity index (χ3v) is 4.51. The van der Waals surface area contributed by atoms with E-state index in [1.807, 2.05) is 0 Å². The molecule has 2 aliphatic carbocycles. The van der Waals surface area contributed by atoms with Crippen molar-refractivity contribution >= 4 is 10.1 Å². The molecular formula is C9H16O3S. The molecule has 2 fully saturated rings. The quantitative estimate of drug-likeness (QED) is 0.696. The molecule has 0 aromatic carbocycles. The number of rotatable bonds is 2. The molecule has 0 aromatic rings. The van der Waals surface area contributed by atoms with Crippen LogP contribution in [0, 0.1) is 17.8 Å². The first kappa shape index (κ1) is 9.46. The maximum Gasteiger partial charge on any atom is 0.265 e. The summed E-state index contributed by atoms with van der Waals surface area (Å²) in [5.41, 5.74) is 0. The second-order valence-corrected chi connectivity index (χ2v) is 5.94. The molecule has 76 valence electrons. The molecule has 0 saturated heterocycles. The minimum atomic E-state index is -3.75. The van der Waals surface area contributed by atoms with Crippen molar-refractivity contribution in [1.29, 1.82) is 0 Å². The van der Waals surface area contributed by atoms with E-state index < -0.39 is 10.1 Å². The van der Waals surface area contributed by atoms with Crippen LogP contribution in [0.25, 0.3) is 0 Å². The van der Waals surface area contributed by atoms with Gasteiger partial charge in [0.1, 0.15) is 0 Å². The molecule has 2 rings (SSSR count). The van der Waals surface area contributed by atoms with Crippen LogP contribution in [-0.2, 0) is 10.1 Å². The summed E-state index contributed by atoms with van der Waals surface area (Å²) >= 11 is 0. The Morgan fingerprint density at radius 2 is 1.92 bits per heavy atom. The van der Waals surface area contributed by atoms with Gasteiger partial charge in [-0.05, 0) is 37.0 Å². The Morgan fingerprint density at radius 1 is 1.15 bits per heavy atom. The second kappa shape index (κ2) is 3.24. The molecule has 0 aromatic heterocycles.